The minimum absolute atomic E-state index is 0.133. The molecule has 2 N–H and O–H groups in total. The Kier molecular flexibility index (Phi) is 7.84. The van der Waals surface area contributed by atoms with E-state index in [9.17, 15) is 14.4 Å². The van der Waals surface area contributed by atoms with E-state index in [1.54, 1.807) is 23.8 Å². The molecule has 0 aliphatic heterocycles. The van der Waals surface area contributed by atoms with E-state index in [2.05, 4.69) is 15.6 Å². The van der Waals surface area contributed by atoms with Gasteiger partial charge in [0.25, 0.3) is 5.56 Å². The number of hydrogen-bond donors (Lipinski definition) is 2. The summed E-state index contributed by atoms with van der Waals surface area (Å²) in [7, 11) is 1.61. The van der Waals surface area contributed by atoms with Gasteiger partial charge >= 0.3 is 6.03 Å². The van der Waals surface area contributed by atoms with Gasteiger partial charge in [-0.25, -0.2) is 9.78 Å². The smallest absolute Gasteiger partial charge is 0.321 e. The molecule has 4 rings (SSSR count). The fourth-order valence-electron chi connectivity index (χ4n) is 4.03. The number of thioether (sulfide) groups is 1. The van der Waals surface area contributed by atoms with Gasteiger partial charge in [0.1, 0.15) is 5.75 Å². The highest BCUT2D eigenvalue weighted by Crippen LogP contribution is 2.21. The molecular weight excluding hydrogens is 452 g/mol. The molecule has 1 heterocycles. The normalized spacial score (nSPS) is 13.7. The van der Waals surface area contributed by atoms with Crippen LogP contribution in [0.2, 0.25) is 0 Å². The zero-order valence-corrected chi connectivity index (χ0v) is 19.9. The Labute approximate surface area is 202 Å². The quantitative estimate of drug-likeness (QED) is 0.377. The zero-order chi connectivity index (χ0) is 23.9. The Hall–Kier alpha value is -3.33. The van der Waals surface area contributed by atoms with Gasteiger partial charge in [0.05, 0.1) is 24.6 Å². The van der Waals surface area contributed by atoms with Crippen LogP contribution in [0.3, 0.4) is 0 Å². The van der Waals surface area contributed by atoms with Crippen LogP contribution >= 0.6 is 11.8 Å². The van der Waals surface area contributed by atoms with E-state index in [4.69, 9.17) is 4.74 Å². The zero-order valence-electron chi connectivity index (χ0n) is 19.1. The Morgan fingerprint density at radius 1 is 1.12 bits per heavy atom. The summed E-state index contributed by atoms with van der Waals surface area (Å²) in [5.74, 6) is 0.772. The van der Waals surface area contributed by atoms with E-state index in [1.165, 1.54) is 11.8 Å². The SMILES string of the molecule is COc1ccc(Cn2c(SCCC(=O)NC(=O)NC3CCCC3)nc3ccccc3c2=O)cc1. The molecule has 3 aromatic rings. The number of nitrogens with zero attached hydrogens (tertiary/aromatic N) is 2. The van der Waals surface area contributed by atoms with Crippen LogP contribution in [0, 0.1) is 0 Å². The average molecular weight is 481 g/mol. The number of carbonyl (C=O) groups is 2. The molecule has 1 saturated carbocycles. The van der Waals surface area contributed by atoms with E-state index in [0.717, 1.165) is 37.0 Å². The molecular formula is C25H28N4O4S. The molecule has 1 aromatic heterocycles. The Morgan fingerprint density at radius 3 is 2.59 bits per heavy atom. The first-order valence-corrected chi connectivity index (χ1v) is 12.4. The van der Waals surface area contributed by atoms with Crippen molar-refractivity contribution in [3.8, 4) is 5.75 Å². The van der Waals surface area contributed by atoms with Crippen molar-refractivity contribution < 1.29 is 14.3 Å². The maximum absolute atomic E-state index is 13.2. The average Bonchev–Trinajstić information content (AvgIpc) is 3.34. The summed E-state index contributed by atoms with van der Waals surface area (Å²) >= 11 is 1.33. The molecule has 0 unspecified atom stereocenters. The third kappa shape index (κ3) is 5.96. The molecule has 1 aliphatic carbocycles. The van der Waals surface area contributed by atoms with Gasteiger partial charge in [0, 0.05) is 18.2 Å². The molecule has 9 heteroatoms. The van der Waals surface area contributed by atoms with E-state index >= 15 is 0 Å². The molecule has 2 aromatic carbocycles. The van der Waals surface area contributed by atoms with Crippen molar-refractivity contribution in [1.29, 1.82) is 0 Å². The molecule has 178 valence electrons. The van der Waals surface area contributed by atoms with E-state index in [0.29, 0.717) is 28.4 Å². The second kappa shape index (κ2) is 11.2. The maximum Gasteiger partial charge on any atom is 0.321 e. The number of carbonyl (C=O) groups excluding carboxylic acids is 2. The predicted octanol–water partition coefficient (Wildman–Crippen LogP) is 3.70. The number of fused-ring (bicyclic) bond motifs is 1. The molecule has 0 radical (unpaired) electrons. The maximum atomic E-state index is 13.2. The number of methoxy groups -OCH3 is 1. The molecule has 8 nitrogen and oxygen atoms in total. The number of benzene rings is 2. The van der Waals surface area contributed by atoms with Crippen molar-refractivity contribution in [2.75, 3.05) is 12.9 Å². The van der Waals surface area contributed by atoms with E-state index in [1.807, 2.05) is 36.4 Å². The van der Waals surface area contributed by atoms with E-state index < -0.39 is 6.03 Å². The number of hydrogen-bond acceptors (Lipinski definition) is 6. The topological polar surface area (TPSA) is 102 Å². The third-order valence-electron chi connectivity index (χ3n) is 5.83. The number of amides is 3. The number of rotatable bonds is 8. The highest BCUT2D eigenvalue weighted by molar-refractivity contribution is 7.99. The van der Waals surface area contributed by atoms with Gasteiger partial charge in [0.15, 0.2) is 5.16 Å². The van der Waals surface area contributed by atoms with Crippen LogP contribution in [0.4, 0.5) is 4.79 Å². The lowest BCUT2D eigenvalue weighted by Gasteiger charge is -2.14. The predicted molar refractivity (Wildman–Crippen MR) is 132 cm³/mol. The van der Waals surface area contributed by atoms with Gasteiger partial charge in [-0.3, -0.25) is 19.5 Å². The fourth-order valence-corrected chi connectivity index (χ4v) is 4.96. The lowest BCUT2D eigenvalue weighted by molar-refractivity contribution is -0.119. The lowest BCUT2D eigenvalue weighted by atomic mass is 10.2. The molecule has 3 amide bonds. The summed E-state index contributed by atoms with van der Waals surface area (Å²) in [6.07, 6.45) is 4.25. The van der Waals surface area contributed by atoms with Gasteiger partial charge in [-0.15, -0.1) is 0 Å². The Bertz CT molecular complexity index is 1220. The van der Waals surface area contributed by atoms with Crippen molar-refractivity contribution in [1.82, 2.24) is 20.2 Å². The Morgan fingerprint density at radius 2 is 1.85 bits per heavy atom. The number of imide groups is 1. The molecule has 0 atom stereocenters. The van der Waals surface area contributed by atoms with Crippen LogP contribution < -0.4 is 20.9 Å². The number of aromatic nitrogens is 2. The Balaban J connectivity index is 1.44. The fraction of sp³-hybridized carbons (Fsp3) is 0.360. The van der Waals surface area contributed by atoms with Gasteiger partial charge in [0.2, 0.25) is 5.91 Å². The highest BCUT2D eigenvalue weighted by atomic mass is 32.2. The molecule has 0 saturated heterocycles. The first-order chi connectivity index (χ1) is 16.5. The number of urea groups is 1. The van der Waals surface area contributed by atoms with Crippen LogP contribution in [0.1, 0.15) is 37.7 Å². The molecule has 1 fully saturated rings. The van der Waals surface area contributed by atoms with Crippen LogP contribution in [-0.4, -0.2) is 40.4 Å². The summed E-state index contributed by atoms with van der Waals surface area (Å²) < 4.78 is 6.84. The van der Waals surface area contributed by atoms with Crippen LogP contribution in [-0.2, 0) is 11.3 Å². The number of para-hydroxylation sites is 1. The number of ether oxygens (including phenoxy) is 1. The summed E-state index contributed by atoms with van der Waals surface area (Å²) in [6, 6.07) is 14.4. The molecule has 34 heavy (non-hydrogen) atoms. The minimum Gasteiger partial charge on any atom is -0.497 e. The summed E-state index contributed by atoms with van der Waals surface area (Å²) in [4.78, 5) is 42.2. The lowest BCUT2D eigenvalue weighted by Crippen LogP contribution is -2.43. The van der Waals surface area contributed by atoms with Crippen molar-refractivity contribution in [3.05, 3.63) is 64.4 Å². The first kappa shape index (κ1) is 23.8. The van der Waals surface area contributed by atoms with Crippen LogP contribution in [0.15, 0.2) is 58.5 Å². The van der Waals surface area contributed by atoms with Crippen LogP contribution in [0.5, 0.6) is 5.75 Å². The van der Waals surface area contributed by atoms with Crippen molar-refractivity contribution >= 4 is 34.6 Å². The minimum atomic E-state index is -0.442. The largest absolute Gasteiger partial charge is 0.497 e. The standard InChI is InChI=1S/C25H28N4O4S/c1-33-19-12-10-17(11-13-19)16-29-23(31)20-8-4-5-9-21(20)27-25(29)34-15-14-22(30)28-24(32)26-18-6-2-3-7-18/h4-5,8-13,18H,2-3,6-7,14-16H2,1H3,(H2,26,28,30,32). The van der Waals surface area contributed by atoms with Gasteiger partial charge in [-0.2, -0.15) is 0 Å². The third-order valence-corrected chi connectivity index (χ3v) is 6.81. The first-order valence-electron chi connectivity index (χ1n) is 11.4. The second-order valence-corrected chi connectivity index (χ2v) is 9.31. The monoisotopic (exact) mass is 480 g/mol. The van der Waals surface area contributed by atoms with Crippen LogP contribution in [0.25, 0.3) is 10.9 Å². The molecule has 0 bridgehead atoms. The van der Waals surface area contributed by atoms with Crippen molar-refractivity contribution in [3.63, 3.8) is 0 Å². The van der Waals surface area contributed by atoms with E-state index in [-0.39, 0.29) is 23.9 Å². The van der Waals surface area contributed by atoms with Gasteiger partial charge in [-0.1, -0.05) is 48.9 Å². The van der Waals surface area contributed by atoms with Gasteiger partial charge in [-0.05, 0) is 42.7 Å². The van der Waals surface area contributed by atoms with Crippen molar-refractivity contribution in [2.24, 2.45) is 0 Å². The summed E-state index contributed by atoms with van der Waals surface area (Å²) in [5.41, 5.74) is 1.41. The number of nitrogens with one attached hydrogen (secondary N) is 2. The summed E-state index contributed by atoms with van der Waals surface area (Å²) in [5, 5.41) is 6.32. The van der Waals surface area contributed by atoms with Crippen molar-refractivity contribution in [2.45, 2.75) is 49.8 Å². The van der Waals surface area contributed by atoms with Gasteiger partial charge < -0.3 is 10.1 Å². The molecule has 1 aliphatic rings. The second-order valence-electron chi connectivity index (χ2n) is 8.25. The molecule has 0 spiro atoms. The highest BCUT2D eigenvalue weighted by Gasteiger charge is 2.18. The summed E-state index contributed by atoms with van der Waals surface area (Å²) in [6.45, 7) is 0.346.